The summed E-state index contributed by atoms with van der Waals surface area (Å²) < 4.78 is 0. The lowest BCUT2D eigenvalue weighted by atomic mass is 10.1. The van der Waals surface area contributed by atoms with Gasteiger partial charge in [0.25, 0.3) is 0 Å². The highest BCUT2D eigenvalue weighted by Gasteiger charge is 2.30. The van der Waals surface area contributed by atoms with Crippen molar-refractivity contribution in [1.29, 1.82) is 0 Å². The number of benzene rings is 1. The van der Waals surface area contributed by atoms with Gasteiger partial charge in [0.2, 0.25) is 5.91 Å². The van der Waals surface area contributed by atoms with Crippen molar-refractivity contribution < 1.29 is 4.79 Å². The van der Waals surface area contributed by atoms with E-state index in [0.717, 1.165) is 19.4 Å². The molecule has 1 fully saturated rings. The van der Waals surface area contributed by atoms with E-state index in [9.17, 15) is 4.79 Å². The predicted octanol–water partition coefficient (Wildman–Crippen LogP) is 2.18. The largest absolute Gasteiger partial charge is 0.329 e. The monoisotopic (exact) mass is 246 g/mol. The van der Waals surface area contributed by atoms with E-state index in [4.69, 9.17) is 0 Å². The molecule has 98 valence electrons. The van der Waals surface area contributed by atoms with Gasteiger partial charge in [-0.25, -0.2) is 0 Å². The van der Waals surface area contributed by atoms with Gasteiger partial charge in [-0.2, -0.15) is 0 Å². The molecule has 18 heavy (non-hydrogen) atoms. The summed E-state index contributed by atoms with van der Waals surface area (Å²) in [4.78, 5) is 14.1. The Hall–Kier alpha value is -1.35. The minimum Gasteiger partial charge on any atom is -0.329 e. The van der Waals surface area contributed by atoms with Crippen LogP contribution in [0.5, 0.6) is 0 Å². The van der Waals surface area contributed by atoms with E-state index in [0.29, 0.717) is 6.67 Å². The zero-order valence-electron chi connectivity index (χ0n) is 11.1. The third kappa shape index (κ3) is 3.33. The van der Waals surface area contributed by atoms with E-state index < -0.39 is 0 Å². The fourth-order valence-corrected chi connectivity index (χ4v) is 2.36. The van der Waals surface area contributed by atoms with E-state index in [-0.39, 0.29) is 11.9 Å². The Balaban J connectivity index is 1.83. The molecule has 0 spiro atoms. The molecule has 0 aromatic heterocycles. The van der Waals surface area contributed by atoms with Gasteiger partial charge < -0.3 is 4.90 Å². The number of unbranched alkanes of at least 4 members (excludes halogenated alkanes) is 2. The molecule has 1 atom stereocenters. The molecule has 2 rings (SSSR count). The second kappa shape index (κ2) is 6.55. The predicted molar refractivity (Wildman–Crippen MR) is 73.2 cm³/mol. The summed E-state index contributed by atoms with van der Waals surface area (Å²) in [6, 6.07) is 10.2. The summed E-state index contributed by atoms with van der Waals surface area (Å²) in [7, 11) is 0. The summed E-state index contributed by atoms with van der Waals surface area (Å²) in [5.74, 6) is 0.259. The Labute approximate surface area is 109 Å². The topological polar surface area (TPSA) is 32.3 Å². The van der Waals surface area contributed by atoms with Crippen LogP contribution in [0.25, 0.3) is 0 Å². The molecule has 1 unspecified atom stereocenters. The minimum atomic E-state index is -0.0333. The highest BCUT2D eigenvalue weighted by atomic mass is 16.2. The van der Waals surface area contributed by atoms with E-state index in [2.05, 4.69) is 24.4 Å². The lowest BCUT2D eigenvalue weighted by Gasteiger charge is -2.15. The van der Waals surface area contributed by atoms with Crippen LogP contribution in [-0.2, 0) is 11.2 Å². The number of rotatable bonds is 6. The highest BCUT2D eigenvalue weighted by Crippen LogP contribution is 2.11. The fourth-order valence-electron chi connectivity index (χ4n) is 2.36. The lowest BCUT2D eigenvalue weighted by molar-refractivity contribution is -0.128. The van der Waals surface area contributed by atoms with Gasteiger partial charge in [-0.05, 0) is 18.4 Å². The van der Waals surface area contributed by atoms with Crippen LogP contribution < -0.4 is 5.32 Å². The maximum Gasteiger partial charge on any atom is 0.241 e. The normalized spacial score (nSPS) is 19.5. The molecule has 3 heteroatoms. The van der Waals surface area contributed by atoms with Crippen molar-refractivity contribution >= 4 is 5.91 Å². The summed E-state index contributed by atoms with van der Waals surface area (Å²) in [5, 5.41) is 3.31. The Morgan fingerprint density at radius 2 is 2.06 bits per heavy atom. The molecule has 1 aliphatic heterocycles. The molecular formula is C15H22N2O. The Kier molecular flexibility index (Phi) is 4.76. The van der Waals surface area contributed by atoms with E-state index in [1.165, 1.54) is 18.4 Å². The number of carbonyl (C=O) groups is 1. The van der Waals surface area contributed by atoms with E-state index in [1.54, 1.807) is 0 Å². The number of nitrogens with zero attached hydrogens (tertiary/aromatic N) is 1. The summed E-state index contributed by atoms with van der Waals surface area (Å²) in [5.41, 5.74) is 1.22. The quantitative estimate of drug-likeness (QED) is 0.780. The van der Waals surface area contributed by atoms with Crippen LogP contribution in [0.15, 0.2) is 30.3 Å². The van der Waals surface area contributed by atoms with Crippen molar-refractivity contribution in [1.82, 2.24) is 10.2 Å². The molecule has 1 saturated heterocycles. The maximum atomic E-state index is 12.2. The van der Waals surface area contributed by atoms with Crippen molar-refractivity contribution in [2.45, 2.75) is 38.6 Å². The number of amides is 1. The first-order valence-electron chi connectivity index (χ1n) is 6.87. The number of hydrogen-bond acceptors (Lipinski definition) is 2. The Morgan fingerprint density at radius 1 is 1.28 bits per heavy atom. The zero-order valence-corrected chi connectivity index (χ0v) is 11.1. The smallest absolute Gasteiger partial charge is 0.241 e. The van der Waals surface area contributed by atoms with E-state index in [1.807, 2.05) is 23.1 Å². The number of hydrogen-bond donors (Lipinski definition) is 1. The second-order valence-corrected chi connectivity index (χ2v) is 4.91. The summed E-state index contributed by atoms with van der Waals surface area (Å²) >= 11 is 0. The van der Waals surface area contributed by atoms with Gasteiger partial charge in [0.15, 0.2) is 0 Å². The van der Waals surface area contributed by atoms with Crippen molar-refractivity contribution in [3.63, 3.8) is 0 Å². The molecule has 0 saturated carbocycles. The van der Waals surface area contributed by atoms with Crippen LogP contribution in [0.2, 0.25) is 0 Å². The Bertz CT molecular complexity index is 377. The Morgan fingerprint density at radius 3 is 2.78 bits per heavy atom. The maximum absolute atomic E-state index is 12.2. The first-order chi connectivity index (χ1) is 8.81. The zero-order chi connectivity index (χ0) is 12.8. The highest BCUT2D eigenvalue weighted by molar-refractivity contribution is 5.84. The van der Waals surface area contributed by atoms with Gasteiger partial charge in [0.05, 0.1) is 12.7 Å². The van der Waals surface area contributed by atoms with Crippen LogP contribution in [-0.4, -0.2) is 30.1 Å². The molecule has 0 bridgehead atoms. The fraction of sp³-hybridized carbons (Fsp3) is 0.533. The van der Waals surface area contributed by atoms with Gasteiger partial charge in [-0.15, -0.1) is 0 Å². The average Bonchev–Trinajstić information content (AvgIpc) is 2.73. The van der Waals surface area contributed by atoms with Crippen LogP contribution in [0.3, 0.4) is 0 Å². The number of nitrogens with one attached hydrogen (secondary N) is 1. The molecule has 0 radical (unpaired) electrons. The van der Waals surface area contributed by atoms with Crippen molar-refractivity contribution in [3.8, 4) is 0 Å². The van der Waals surface area contributed by atoms with Gasteiger partial charge in [0, 0.05) is 6.54 Å². The summed E-state index contributed by atoms with van der Waals surface area (Å²) in [6.45, 7) is 3.78. The van der Waals surface area contributed by atoms with Crippen LogP contribution >= 0.6 is 0 Å². The molecular weight excluding hydrogens is 224 g/mol. The average molecular weight is 246 g/mol. The van der Waals surface area contributed by atoms with E-state index >= 15 is 0 Å². The lowest BCUT2D eigenvalue weighted by Crippen LogP contribution is -2.32. The number of carbonyl (C=O) groups excluding carboxylic acids is 1. The minimum absolute atomic E-state index is 0.0333. The van der Waals surface area contributed by atoms with Gasteiger partial charge in [0.1, 0.15) is 0 Å². The first kappa shape index (κ1) is 13.1. The van der Waals surface area contributed by atoms with Crippen molar-refractivity contribution in [2.24, 2.45) is 0 Å². The van der Waals surface area contributed by atoms with Gasteiger partial charge >= 0.3 is 0 Å². The van der Waals surface area contributed by atoms with Crippen molar-refractivity contribution in [3.05, 3.63) is 35.9 Å². The first-order valence-corrected chi connectivity index (χ1v) is 6.87. The second-order valence-electron chi connectivity index (χ2n) is 4.91. The van der Waals surface area contributed by atoms with Gasteiger partial charge in [-0.1, -0.05) is 50.1 Å². The SMILES string of the molecule is CCCCCN1CNC(Cc2ccccc2)C1=O. The standard InChI is InChI=1S/C15H22N2O/c1-2-3-7-10-17-12-16-14(15(17)18)11-13-8-5-4-6-9-13/h4-6,8-9,14,16H,2-3,7,10-12H2,1H3. The molecule has 1 aliphatic rings. The molecule has 1 aromatic rings. The van der Waals surface area contributed by atoms with Gasteiger partial charge in [-0.3, -0.25) is 10.1 Å². The molecule has 1 heterocycles. The molecule has 1 aromatic carbocycles. The third-order valence-corrected chi connectivity index (χ3v) is 3.45. The molecule has 3 nitrogen and oxygen atoms in total. The van der Waals surface area contributed by atoms with Crippen LogP contribution in [0.4, 0.5) is 0 Å². The molecule has 1 N–H and O–H groups in total. The molecule has 0 aliphatic carbocycles. The summed E-state index contributed by atoms with van der Waals surface area (Å²) in [6.07, 6.45) is 4.31. The van der Waals surface area contributed by atoms with Crippen molar-refractivity contribution in [2.75, 3.05) is 13.2 Å². The molecule has 1 amide bonds. The van der Waals surface area contributed by atoms with Crippen LogP contribution in [0.1, 0.15) is 31.7 Å². The third-order valence-electron chi connectivity index (χ3n) is 3.45. The van der Waals surface area contributed by atoms with Crippen LogP contribution in [0, 0.1) is 0 Å².